The molecule has 0 saturated carbocycles. The number of carbonyl (C=O) groups is 1. The van der Waals surface area contributed by atoms with Crippen molar-refractivity contribution in [2.24, 2.45) is 0 Å². The fourth-order valence-electron chi connectivity index (χ4n) is 2.26. The van der Waals surface area contributed by atoms with Crippen molar-refractivity contribution in [1.29, 1.82) is 0 Å². The predicted octanol–water partition coefficient (Wildman–Crippen LogP) is 0.885. The van der Waals surface area contributed by atoms with Crippen molar-refractivity contribution in [3.8, 4) is 0 Å². The van der Waals surface area contributed by atoms with Crippen LogP contribution < -0.4 is 5.46 Å². The molecule has 1 aliphatic heterocycles. The van der Waals surface area contributed by atoms with Gasteiger partial charge in [-0.05, 0) is 46.9 Å². The molecule has 0 aliphatic carbocycles. The SMILES string of the molecule is CN1CCN(C(=O)c2ccc([B]OC(C)(C)C(C)(C)O)cc2)CC1. The Labute approximate surface area is 145 Å². The third-order valence-corrected chi connectivity index (χ3v) is 4.91. The van der Waals surface area contributed by atoms with Crippen LogP contribution >= 0.6 is 0 Å². The third kappa shape index (κ3) is 4.59. The first kappa shape index (κ1) is 19.0. The molecule has 131 valence electrons. The van der Waals surface area contributed by atoms with Gasteiger partial charge in [0.2, 0.25) is 0 Å². The lowest BCUT2D eigenvalue weighted by Crippen LogP contribution is -2.49. The molecular weight excluding hydrogens is 303 g/mol. The number of likely N-dealkylation sites (N-methyl/N-ethyl adjacent to an activating group) is 1. The van der Waals surface area contributed by atoms with E-state index in [2.05, 4.69) is 11.9 Å². The van der Waals surface area contributed by atoms with E-state index in [9.17, 15) is 9.90 Å². The van der Waals surface area contributed by atoms with E-state index in [1.165, 1.54) is 0 Å². The normalized spacial score (nSPS) is 17.0. The lowest BCUT2D eigenvalue weighted by molar-refractivity contribution is -0.0893. The van der Waals surface area contributed by atoms with Gasteiger partial charge in [0.15, 0.2) is 0 Å². The topological polar surface area (TPSA) is 53.0 Å². The van der Waals surface area contributed by atoms with Crippen LogP contribution in [0.5, 0.6) is 0 Å². The fourth-order valence-corrected chi connectivity index (χ4v) is 2.26. The maximum atomic E-state index is 12.5. The maximum absolute atomic E-state index is 12.5. The quantitative estimate of drug-likeness (QED) is 0.814. The second kappa shape index (κ2) is 7.25. The number of nitrogens with zero attached hydrogens (tertiary/aromatic N) is 2. The molecule has 1 aromatic carbocycles. The van der Waals surface area contributed by atoms with Gasteiger partial charge >= 0.3 is 7.48 Å². The molecule has 6 heteroatoms. The average molecular weight is 331 g/mol. The Hall–Kier alpha value is -1.37. The second-order valence-electron chi connectivity index (χ2n) is 7.52. The Morgan fingerprint density at radius 2 is 1.62 bits per heavy atom. The van der Waals surface area contributed by atoms with Gasteiger partial charge in [-0.1, -0.05) is 17.6 Å². The minimum Gasteiger partial charge on any atom is -0.427 e. The van der Waals surface area contributed by atoms with Gasteiger partial charge in [-0.15, -0.1) is 0 Å². The number of hydrogen-bond acceptors (Lipinski definition) is 4. The van der Waals surface area contributed by atoms with E-state index in [0.717, 1.165) is 31.6 Å². The molecule has 2 rings (SSSR count). The molecule has 24 heavy (non-hydrogen) atoms. The standard InChI is InChI=1S/C18H28BN2O3/c1-17(2,23)18(3,4)24-19-15-8-6-14(7-9-15)16(22)21-12-10-20(5)11-13-21/h6-9,23H,10-13H2,1-5H3. The van der Waals surface area contributed by atoms with Gasteiger partial charge in [0, 0.05) is 31.7 Å². The molecule has 1 aromatic rings. The average Bonchev–Trinajstić information content (AvgIpc) is 2.52. The van der Waals surface area contributed by atoms with Crippen molar-refractivity contribution in [2.45, 2.75) is 38.9 Å². The zero-order valence-electron chi connectivity index (χ0n) is 15.4. The molecule has 1 amide bonds. The number of amides is 1. The lowest BCUT2D eigenvalue weighted by atomic mass is 9.82. The van der Waals surface area contributed by atoms with Gasteiger partial charge in [-0.2, -0.15) is 0 Å². The first-order valence-electron chi connectivity index (χ1n) is 8.41. The monoisotopic (exact) mass is 331 g/mol. The molecule has 0 aromatic heterocycles. The van der Waals surface area contributed by atoms with Crippen molar-refractivity contribution >= 4 is 18.9 Å². The highest BCUT2D eigenvalue weighted by molar-refractivity contribution is 6.47. The molecule has 1 fully saturated rings. The summed E-state index contributed by atoms with van der Waals surface area (Å²) >= 11 is 0. The molecule has 0 spiro atoms. The molecule has 1 radical (unpaired) electrons. The number of hydrogen-bond donors (Lipinski definition) is 1. The van der Waals surface area contributed by atoms with Gasteiger partial charge in [-0.25, -0.2) is 0 Å². The summed E-state index contributed by atoms with van der Waals surface area (Å²) in [4.78, 5) is 16.6. The van der Waals surface area contributed by atoms with Gasteiger partial charge in [0.05, 0.1) is 11.2 Å². The summed E-state index contributed by atoms with van der Waals surface area (Å²) in [5.41, 5.74) is -0.108. The Morgan fingerprint density at radius 3 is 2.12 bits per heavy atom. The molecule has 0 unspecified atom stereocenters. The van der Waals surface area contributed by atoms with Crippen molar-refractivity contribution in [1.82, 2.24) is 9.80 Å². The largest absolute Gasteiger partial charge is 0.427 e. The van der Waals surface area contributed by atoms with Crippen LogP contribution in [0.4, 0.5) is 0 Å². The molecular formula is C18H28BN2O3. The van der Waals surface area contributed by atoms with Gasteiger partial charge < -0.3 is 19.6 Å². The summed E-state index contributed by atoms with van der Waals surface area (Å²) in [6.07, 6.45) is 0. The molecule has 0 bridgehead atoms. The third-order valence-electron chi connectivity index (χ3n) is 4.91. The number of aliphatic hydroxyl groups is 1. The van der Waals surface area contributed by atoms with E-state index in [-0.39, 0.29) is 5.91 Å². The van der Waals surface area contributed by atoms with Crippen molar-refractivity contribution < 1.29 is 14.6 Å². The number of rotatable bonds is 5. The smallest absolute Gasteiger partial charge is 0.330 e. The zero-order valence-corrected chi connectivity index (χ0v) is 15.4. The highest BCUT2D eigenvalue weighted by Gasteiger charge is 2.35. The molecule has 5 nitrogen and oxygen atoms in total. The van der Waals surface area contributed by atoms with Crippen LogP contribution in [0.2, 0.25) is 0 Å². The van der Waals surface area contributed by atoms with Gasteiger partial charge in [0.1, 0.15) is 0 Å². The number of carbonyl (C=O) groups excluding carboxylic acids is 1. The van der Waals surface area contributed by atoms with E-state index in [0.29, 0.717) is 5.56 Å². The lowest BCUT2D eigenvalue weighted by Gasteiger charge is -2.37. The highest BCUT2D eigenvalue weighted by Crippen LogP contribution is 2.24. The van der Waals surface area contributed by atoms with Crippen LogP contribution in [0, 0.1) is 0 Å². The van der Waals surface area contributed by atoms with Crippen LogP contribution in [0.15, 0.2) is 24.3 Å². The first-order valence-corrected chi connectivity index (χ1v) is 8.41. The molecule has 0 atom stereocenters. The van der Waals surface area contributed by atoms with E-state index in [1.54, 1.807) is 21.3 Å². The van der Waals surface area contributed by atoms with Crippen LogP contribution in [0.25, 0.3) is 0 Å². The van der Waals surface area contributed by atoms with Crippen molar-refractivity contribution in [3.63, 3.8) is 0 Å². The van der Waals surface area contributed by atoms with Crippen LogP contribution in [-0.4, -0.2) is 72.7 Å². The van der Waals surface area contributed by atoms with Crippen molar-refractivity contribution in [3.05, 3.63) is 29.8 Å². The minimum atomic E-state index is -0.958. The Morgan fingerprint density at radius 1 is 1.08 bits per heavy atom. The zero-order chi connectivity index (χ0) is 18.0. The Kier molecular flexibility index (Phi) is 5.73. The predicted molar refractivity (Wildman–Crippen MR) is 96.7 cm³/mol. The molecule has 1 saturated heterocycles. The summed E-state index contributed by atoms with van der Waals surface area (Å²) in [5, 5.41) is 10.1. The fraction of sp³-hybridized carbons (Fsp3) is 0.611. The van der Waals surface area contributed by atoms with Crippen molar-refractivity contribution in [2.75, 3.05) is 33.2 Å². The summed E-state index contributed by atoms with van der Waals surface area (Å²) in [7, 11) is 3.70. The summed E-state index contributed by atoms with van der Waals surface area (Å²) in [6, 6.07) is 7.38. The first-order chi connectivity index (χ1) is 11.1. The molecule has 1 aliphatic rings. The highest BCUT2D eigenvalue weighted by atomic mass is 16.5. The van der Waals surface area contributed by atoms with Crippen LogP contribution in [0.1, 0.15) is 38.1 Å². The van der Waals surface area contributed by atoms with Crippen LogP contribution in [0.3, 0.4) is 0 Å². The van der Waals surface area contributed by atoms with Gasteiger partial charge in [0.25, 0.3) is 5.91 Å². The van der Waals surface area contributed by atoms with E-state index in [1.807, 2.05) is 43.0 Å². The molecule has 1 heterocycles. The van der Waals surface area contributed by atoms with Gasteiger partial charge in [-0.3, -0.25) is 4.79 Å². The second-order valence-corrected chi connectivity index (χ2v) is 7.52. The Bertz CT molecular complexity index is 559. The maximum Gasteiger partial charge on any atom is 0.330 e. The summed E-state index contributed by atoms with van der Waals surface area (Å²) < 4.78 is 5.73. The van der Waals surface area contributed by atoms with E-state index in [4.69, 9.17) is 4.65 Å². The summed E-state index contributed by atoms with van der Waals surface area (Å²) in [6.45, 7) is 10.5. The Balaban J connectivity index is 1.94. The number of benzene rings is 1. The number of piperazine rings is 1. The van der Waals surface area contributed by atoms with E-state index < -0.39 is 11.2 Å². The minimum absolute atomic E-state index is 0.0763. The molecule has 1 N–H and O–H groups in total. The summed E-state index contributed by atoms with van der Waals surface area (Å²) in [5.74, 6) is 0.0763. The van der Waals surface area contributed by atoms with Crippen LogP contribution in [-0.2, 0) is 4.65 Å². The van der Waals surface area contributed by atoms with E-state index >= 15 is 0 Å².